The number of hydrogen-bond acceptors (Lipinski definition) is 2. The molecule has 0 N–H and O–H groups in total. The fraction of sp³-hybridized carbons (Fsp3) is 0.233. The van der Waals surface area contributed by atoms with Gasteiger partial charge in [0.15, 0.2) is 0 Å². The molecule has 0 amide bonds. The molecular formula is C30H31BO2. The molecule has 0 fully saturated rings. The van der Waals surface area contributed by atoms with E-state index >= 15 is 0 Å². The SMILES string of the molecule is Cc1cc(C)c(B(c2ccc(C3=CC=CC3)cc2)c2c(C)cc(C)cc2C)c(C)c1.O=C=O. The van der Waals surface area contributed by atoms with Gasteiger partial charge in [-0.05, 0) is 59.1 Å². The monoisotopic (exact) mass is 434 g/mol. The second-order valence-corrected chi connectivity index (χ2v) is 9.09. The van der Waals surface area contributed by atoms with Crippen LogP contribution in [0.2, 0.25) is 0 Å². The summed E-state index contributed by atoms with van der Waals surface area (Å²) in [5, 5.41) is 0. The summed E-state index contributed by atoms with van der Waals surface area (Å²) >= 11 is 0. The molecule has 0 spiro atoms. The molecule has 3 aromatic carbocycles. The molecule has 3 aromatic rings. The Morgan fingerprint density at radius 1 is 0.697 bits per heavy atom. The zero-order chi connectivity index (χ0) is 24.1. The van der Waals surface area contributed by atoms with E-state index in [1.165, 1.54) is 60.9 Å². The highest BCUT2D eigenvalue weighted by Crippen LogP contribution is 2.22. The molecule has 0 atom stereocenters. The molecule has 0 bridgehead atoms. The Bertz CT molecular complexity index is 1150. The van der Waals surface area contributed by atoms with Crippen molar-refractivity contribution >= 4 is 34.8 Å². The van der Waals surface area contributed by atoms with Crippen molar-refractivity contribution in [2.45, 2.75) is 48.0 Å². The van der Waals surface area contributed by atoms with Gasteiger partial charge in [0.1, 0.15) is 0 Å². The number of carbonyl (C=O) groups excluding carboxylic acids is 2. The van der Waals surface area contributed by atoms with E-state index in [-0.39, 0.29) is 12.9 Å². The van der Waals surface area contributed by atoms with Crippen LogP contribution in [0.5, 0.6) is 0 Å². The Balaban J connectivity index is 0.000000968. The quantitative estimate of drug-likeness (QED) is 0.553. The summed E-state index contributed by atoms with van der Waals surface area (Å²) < 4.78 is 0. The maximum absolute atomic E-state index is 8.12. The van der Waals surface area contributed by atoms with Gasteiger partial charge in [0, 0.05) is 0 Å². The largest absolute Gasteiger partial charge is 0.373 e. The standard InChI is InChI=1S/C29H31B.CO2/c1-19-15-21(3)28(22(4)16-19)30(29-23(5)17-20(2)18-24(29)6)27-13-11-26(12-14-27)25-9-7-8-10-25;2-1-3/h7-9,11-18H,10H2,1-6H3;. The van der Waals surface area contributed by atoms with Gasteiger partial charge in [-0.3, -0.25) is 0 Å². The van der Waals surface area contributed by atoms with E-state index in [0.29, 0.717) is 0 Å². The normalized spacial score (nSPS) is 12.0. The fourth-order valence-electron chi connectivity index (χ4n) is 5.32. The van der Waals surface area contributed by atoms with Crippen LogP contribution in [0.4, 0.5) is 0 Å². The lowest BCUT2D eigenvalue weighted by Crippen LogP contribution is -2.55. The zero-order valence-corrected chi connectivity index (χ0v) is 20.5. The Morgan fingerprint density at radius 3 is 1.48 bits per heavy atom. The first-order valence-corrected chi connectivity index (χ1v) is 11.4. The molecule has 0 heterocycles. The number of hydrogen-bond donors (Lipinski definition) is 0. The van der Waals surface area contributed by atoms with Crippen LogP contribution in [0, 0.1) is 41.5 Å². The lowest BCUT2D eigenvalue weighted by molar-refractivity contribution is -0.191. The van der Waals surface area contributed by atoms with Crippen molar-refractivity contribution in [2.75, 3.05) is 0 Å². The predicted molar refractivity (Wildman–Crippen MR) is 139 cm³/mol. The molecular weight excluding hydrogens is 403 g/mol. The number of aryl methyl sites for hydroxylation is 6. The van der Waals surface area contributed by atoms with Crippen molar-refractivity contribution in [3.8, 4) is 0 Å². The second-order valence-electron chi connectivity index (χ2n) is 9.09. The van der Waals surface area contributed by atoms with Gasteiger partial charge in [-0.2, -0.15) is 9.59 Å². The smallest absolute Gasteiger partial charge is 0.186 e. The maximum atomic E-state index is 8.12. The van der Waals surface area contributed by atoms with E-state index in [1.54, 1.807) is 0 Å². The van der Waals surface area contributed by atoms with Gasteiger partial charge in [0.2, 0.25) is 6.71 Å². The summed E-state index contributed by atoms with van der Waals surface area (Å²) in [5.74, 6) is 0. The average molecular weight is 434 g/mol. The molecule has 166 valence electrons. The van der Waals surface area contributed by atoms with Gasteiger partial charge in [0.25, 0.3) is 0 Å². The maximum Gasteiger partial charge on any atom is 0.373 e. The minimum absolute atomic E-state index is 0.246. The number of allylic oxidation sites excluding steroid dienone is 4. The summed E-state index contributed by atoms with van der Waals surface area (Å²) in [6, 6.07) is 18.6. The third kappa shape index (κ3) is 5.33. The topological polar surface area (TPSA) is 34.1 Å². The van der Waals surface area contributed by atoms with E-state index in [0.717, 1.165) is 6.42 Å². The van der Waals surface area contributed by atoms with Crippen LogP contribution in [0.1, 0.15) is 45.4 Å². The van der Waals surface area contributed by atoms with Crippen molar-refractivity contribution in [3.05, 3.63) is 106 Å². The van der Waals surface area contributed by atoms with E-state index in [4.69, 9.17) is 9.59 Å². The van der Waals surface area contributed by atoms with Gasteiger partial charge in [0.05, 0.1) is 0 Å². The Kier molecular flexibility index (Phi) is 7.69. The highest BCUT2D eigenvalue weighted by atomic mass is 16.2. The van der Waals surface area contributed by atoms with Crippen molar-refractivity contribution in [1.82, 2.24) is 0 Å². The summed E-state index contributed by atoms with van der Waals surface area (Å²) in [4.78, 5) is 16.2. The van der Waals surface area contributed by atoms with Crippen LogP contribution < -0.4 is 16.4 Å². The van der Waals surface area contributed by atoms with Crippen LogP contribution in [0.3, 0.4) is 0 Å². The second kappa shape index (κ2) is 10.5. The van der Waals surface area contributed by atoms with Gasteiger partial charge < -0.3 is 0 Å². The Hall–Kier alpha value is -3.42. The van der Waals surface area contributed by atoms with Gasteiger partial charge in [-0.15, -0.1) is 0 Å². The molecule has 33 heavy (non-hydrogen) atoms. The van der Waals surface area contributed by atoms with Gasteiger partial charge >= 0.3 is 6.15 Å². The molecule has 4 rings (SSSR count). The Labute approximate surface area is 198 Å². The Morgan fingerprint density at radius 2 is 1.12 bits per heavy atom. The van der Waals surface area contributed by atoms with Gasteiger partial charge in [-0.25, -0.2) is 0 Å². The summed E-state index contributed by atoms with van der Waals surface area (Å²) in [6.45, 7) is 13.7. The fourth-order valence-corrected chi connectivity index (χ4v) is 5.32. The minimum Gasteiger partial charge on any atom is -0.186 e. The summed E-state index contributed by atoms with van der Waals surface area (Å²) in [5.41, 5.74) is 15.2. The first kappa shape index (κ1) is 24.2. The molecule has 0 aliphatic heterocycles. The van der Waals surface area contributed by atoms with E-state index in [2.05, 4.69) is 108 Å². The van der Waals surface area contributed by atoms with Crippen molar-refractivity contribution < 1.29 is 9.59 Å². The molecule has 1 aliphatic carbocycles. The summed E-state index contributed by atoms with van der Waals surface area (Å²) in [6.07, 6.45) is 7.90. The van der Waals surface area contributed by atoms with Crippen LogP contribution in [0.25, 0.3) is 5.57 Å². The average Bonchev–Trinajstić information content (AvgIpc) is 3.27. The van der Waals surface area contributed by atoms with Crippen LogP contribution in [-0.2, 0) is 9.59 Å². The molecule has 0 saturated carbocycles. The molecule has 3 heteroatoms. The predicted octanol–water partition coefficient (Wildman–Crippen LogP) is 4.81. The lowest BCUT2D eigenvalue weighted by atomic mass is 9.34. The van der Waals surface area contributed by atoms with E-state index in [9.17, 15) is 0 Å². The van der Waals surface area contributed by atoms with E-state index in [1.807, 2.05) is 0 Å². The van der Waals surface area contributed by atoms with Crippen LogP contribution >= 0.6 is 0 Å². The number of rotatable bonds is 4. The first-order chi connectivity index (χ1) is 15.8. The summed E-state index contributed by atoms with van der Waals surface area (Å²) in [7, 11) is 0. The highest BCUT2D eigenvalue weighted by molar-refractivity contribution is 6.96. The number of benzene rings is 3. The van der Waals surface area contributed by atoms with E-state index < -0.39 is 0 Å². The first-order valence-electron chi connectivity index (χ1n) is 11.4. The molecule has 0 unspecified atom stereocenters. The van der Waals surface area contributed by atoms with Crippen LogP contribution in [-0.4, -0.2) is 12.9 Å². The molecule has 1 aliphatic rings. The lowest BCUT2D eigenvalue weighted by Gasteiger charge is -2.24. The third-order valence-corrected chi connectivity index (χ3v) is 6.44. The van der Waals surface area contributed by atoms with Crippen molar-refractivity contribution in [2.24, 2.45) is 0 Å². The van der Waals surface area contributed by atoms with Crippen LogP contribution in [0.15, 0.2) is 66.8 Å². The molecule has 0 radical (unpaired) electrons. The molecule has 0 saturated heterocycles. The van der Waals surface area contributed by atoms with Crippen molar-refractivity contribution in [1.29, 1.82) is 0 Å². The molecule has 2 nitrogen and oxygen atoms in total. The highest BCUT2D eigenvalue weighted by Gasteiger charge is 2.28. The van der Waals surface area contributed by atoms with Crippen molar-refractivity contribution in [3.63, 3.8) is 0 Å². The van der Waals surface area contributed by atoms with Gasteiger partial charge in [-0.1, -0.05) is 117 Å². The zero-order valence-electron chi connectivity index (χ0n) is 20.5. The third-order valence-electron chi connectivity index (χ3n) is 6.44. The molecule has 0 aromatic heterocycles. The minimum atomic E-state index is 0.246.